The van der Waals surface area contributed by atoms with Gasteiger partial charge in [0.1, 0.15) is 18.1 Å². The smallest absolute Gasteiger partial charge is 0.321 e. The SMILES string of the molecule is CCc1cc(CCc2ccccc2)n(C2CCN(C[C@H]3CN([C@@H](C(=O)O)C4CCCCC4)CC3c3ccccc3)CC2)n1.CCc1cc(CCc2ccccc2)nn1C1CCN(C[C@H]2CN([C@@H](C(=O)O)C3CCCCC3)CC2c2ccccc2)CC1.CCn1nc(Cc2ccccc2)cc1C1CCN(C[C@H]2CN([C@@H](C(=O)O)C3CCCCC3)CC2c2ccccc2)CC1. The van der Waals surface area contributed by atoms with Gasteiger partial charge in [0.05, 0.1) is 29.2 Å². The molecule has 6 aliphatic heterocycles. The third kappa shape index (κ3) is 23.9. The second kappa shape index (κ2) is 45.8. The van der Waals surface area contributed by atoms with E-state index in [0.29, 0.717) is 53.5 Å². The Balaban J connectivity index is 0.000000141. The monoisotopic (exact) mass is 1730 g/mol. The fraction of sp³-hybridized carbons (Fsp3) is 0.564. The topological polar surface area (TPSA) is 185 Å². The van der Waals surface area contributed by atoms with E-state index in [-0.39, 0.29) is 35.9 Å². The lowest BCUT2D eigenvalue weighted by Gasteiger charge is -2.36. The van der Waals surface area contributed by atoms with E-state index < -0.39 is 17.9 Å². The number of aryl methyl sites for hydroxylation is 7. The lowest BCUT2D eigenvalue weighted by Crippen LogP contribution is -2.46. The summed E-state index contributed by atoms with van der Waals surface area (Å²) in [6.45, 7) is 22.4. The predicted molar refractivity (Wildman–Crippen MR) is 513 cm³/mol. The molecule has 0 spiro atoms. The summed E-state index contributed by atoms with van der Waals surface area (Å²) < 4.78 is 6.95. The lowest BCUT2D eigenvalue weighted by molar-refractivity contribution is -0.146. The molecular weight excluding hydrogens is 1590 g/mol. The number of benzene rings is 6. The summed E-state index contributed by atoms with van der Waals surface area (Å²) in [5.74, 6) is 2.06. The van der Waals surface area contributed by atoms with Gasteiger partial charge in [0.25, 0.3) is 0 Å². The van der Waals surface area contributed by atoms with Gasteiger partial charge in [0.2, 0.25) is 0 Å². The highest BCUT2D eigenvalue weighted by atomic mass is 16.4. The van der Waals surface area contributed by atoms with Crippen LogP contribution < -0.4 is 0 Å². The van der Waals surface area contributed by atoms with Gasteiger partial charge >= 0.3 is 17.9 Å². The van der Waals surface area contributed by atoms with Gasteiger partial charge in [0, 0.05) is 139 Å². The molecule has 3 unspecified atom stereocenters. The number of carboxylic acids is 3. The van der Waals surface area contributed by atoms with E-state index in [4.69, 9.17) is 15.3 Å². The number of carboxylic acid groups (broad SMARTS) is 3. The van der Waals surface area contributed by atoms with Gasteiger partial charge in [-0.3, -0.25) is 43.1 Å². The number of hydrogen-bond acceptors (Lipinski definition) is 12. The number of nitrogens with zero attached hydrogens (tertiary/aromatic N) is 12. The number of aromatic nitrogens is 6. The van der Waals surface area contributed by atoms with E-state index in [1.807, 2.05) is 0 Å². The Kier molecular flexibility index (Phi) is 33.0. The Bertz CT molecular complexity index is 4830. The second-order valence-corrected chi connectivity index (χ2v) is 39.7. The maximum absolute atomic E-state index is 12.6. The molecule has 9 atom stereocenters. The van der Waals surface area contributed by atoms with Crippen LogP contribution in [0, 0.1) is 35.5 Å². The summed E-state index contributed by atoms with van der Waals surface area (Å²) in [7, 11) is 0. The van der Waals surface area contributed by atoms with Crippen LogP contribution in [0.1, 0.15) is 259 Å². The minimum absolute atomic E-state index is 0.287. The molecule has 3 aromatic heterocycles. The molecule has 128 heavy (non-hydrogen) atoms. The van der Waals surface area contributed by atoms with Crippen LogP contribution >= 0.6 is 0 Å². The van der Waals surface area contributed by atoms with Crippen molar-refractivity contribution in [3.63, 3.8) is 0 Å². The van der Waals surface area contributed by atoms with Crippen LogP contribution in [0.15, 0.2) is 200 Å². The fourth-order valence-corrected chi connectivity index (χ4v) is 24.8. The van der Waals surface area contributed by atoms with Gasteiger partial charge in [-0.1, -0.05) is 254 Å². The molecule has 18 heteroatoms. The van der Waals surface area contributed by atoms with Crippen molar-refractivity contribution < 1.29 is 29.7 Å². The Morgan fingerprint density at radius 3 is 1.05 bits per heavy atom. The van der Waals surface area contributed by atoms with E-state index in [0.717, 1.165) is 227 Å². The van der Waals surface area contributed by atoms with E-state index in [1.165, 1.54) is 125 Å². The summed E-state index contributed by atoms with van der Waals surface area (Å²) in [4.78, 5) is 52.8. The quantitative estimate of drug-likeness (QED) is 0.0361. The molecule has 0 amide bonds. The van der Waals surface area contributed by atoms with Crippen LogP contribution in [0.2, 0.25) is 0 Å². The van der Waals surface area contributed by atoms with Gasteiger partial charge in [0.15, 0.2) is 0 Å². The number of carbonyl (C=O) groups is 3. The summed E-state index contributed by atoms with van der Waals surface area (Å²) >= 11 is 0. The predicted octanol–water partition coefficient (Wildman–Crippen LogP) is 19.7. The summed E-state index contributed by atoms with van der Waals surface area (Å²) in [5.41, 5.74) is 15.9. The van der Waals surface area contributed by atoms with Crippen molar-refractivity contribution in [3.8, 4) is 0 Å². The van der Waals surface area contributed by atoms with Crippen molar-refractivity contribution in [2.45, 2.75) is 261 Å². The molecule has 684 valence electrons. The zero-order valence-electron chi connectivity index (χ0n) is 77.3. The molecule has 3 N–H and O–H groups in total. The van der Waals surface area contributed by atoms with Crippen LogP contribution in [0.25, 0.3) is 0 Å². The molecule has 9 aromatic rings. The normalized spacial score (nSPS) is 23.6. The highest BCUT2D eigenvalue weighted by Crippen LogP contribution is 2.44. The highest BCUT2D eigenvalue weighted by Gasteiger charge is 2.48. The minimum Gasteiger partial charge on any atom is -0.480 e. The maximum Gasteiger partial charge on any atom is 0.321 e. The number of aliphatic carboxylic acids is 3. The van der Waals surface area contributed by atoms with Crippen LogP contribution in [-0.2, 0) is 65.9 Å². The van der Waals surface area contributed by atoms with Crippen LogP contribution in [-0.4, -0.2) is 208 Å². The lowest BCUT2D eigenvalue weighted by atomic mass is 9.83. The van der Waals surface area contributed by atoms with Crippen molar-refractivity contribution in [1.82, 2.24) is 58.7 Å². The van der Waals surface area contributed by atoms with Crippen LogP contribution in [0.3, 0.4) is 0 Å². The van der Waals surface area contributed by atoms with Gasteiger partial charge in [-0.05, 0) is 223 Å². The van der Waals surface area contributed by atoms with Gasteiger partial charge in [-0.2, -0.15) is 15.3 Å². The van der Waals surface area contributed by atoms with E-state index >= 15 is 0 Å². The second-order valence-electron chi connectivity index (χ2n) is 39.7. The fourth-order valence-electron chi connectivity index (χ4n) is 24.8. The van der Waals surface area contributed by atoms with Crippen molar-refractivity contribution in [3.05, 3.63) is 268 Å². The average Bonchev–Trinajstić information content (AvgIpc) is 1.65. The van der Waals surface area contributed by atoms with Crippen molar-refractivity contribution in [1.29, 1.82) is 0 Å². The van der Waals surface area contributed by atoms with E-state index in [2.05, 4.69) is 264 Å². The van der Waals surface area contributed by atoms with Gasteiger partial charge < -0.3 is 30.0 Å². The zero-order valence-corrected chi connectivity index (χ0v) is 77.3. The molecule has 3 saturated carbocycles. The van der Waals surface area contributed by atoms with Crippen molar-refractivity contribution in [2.75, 3.05) is 98.2 Å². The third-order valence-electron chi connectivity index (χ3n) is 31.5. The van der Waals surface area contributed by atoms with Gasteiger partial charge in [-0.15, -0.1) is 0 Å². The minimum atomic E-state index is -0.617. The standard InChI is InChI=1S/2C37H50N4O2.C36H48N4O2/c1-2-33-24-32(19-18-28-12-6-3-7-13-28)38-41(33)34-20-22-39(23-21-34)25-31-26-40(27-35(31)29-14-8-4-9-15-29)36(37(42)43)30-16-10-5-11-17-30;1-2-32-24-34(19-18-28-12-6-3-7-13-28)41(38-32)33-20-22-39(23-21-33)25-31-26-40(27-35(31)29-14-8-4-9-15-29)36(37(42)43)30-16-10-5-11-17-30;1-2-40-34(23-32(37-40)22-27-12-6-3-7-13-27)29-18-20-38(21-19-29)24-31-25-39(26-33(31)28-14-8-4-9-15-28)35(36(41)42)30-16-10-5-11-17-30/h3-4,6-9,12-15,24,30-31,34-36H,2,5,10-11,16-23,25-27H2,1H3,(H,42,43);3-4,6-9,12-15,24,30-31,33,35-36H,2,5,10-11,16-23,25-27H2,1H3,(H,42,43);3-4,6-9,12-15,23,29-31,33,35H,2,5,10-11,16-22,24-26H2,1H3,(H,41,42)/t2*31-,35?,36+;31-,33?,35+/m000/s1. The first-order valence-corrected chi connectivity index (χ1v) is 50.3. The Hall–Kier alpha value is -8.88. The molecule has 6 saturated heterocycles. The molecular formula is C110H148N12O6. The molecule has 9 heterocycles. The molecule has 9 fully saturated rings. The first-order chi connectivity index (χ1) is 62.8. The Morgan fingerprint density at radius 1 is 0.344 bits per heavy atom. The Labute approximate surface area is 764 Å². The van der Waals surface area contributed by atoms with Crippen LogP contribution in [0.5, 0.6) is 0 Å². The Morgan fingerprint density at radius 2 is 0.688 bits per heavy atom. The molecule has 18 nitrogen and oxygen atoms in total. The molecule has 3 aliphatic carbocycles. The highest BCUT2D eigenvalue weighted by molar-refractivity contribution is 5.75. The van der Waals surface area contributed by atoms with Crippen molar-refractivity contribution >= 4 is 17.9 Å². The molecule has 0 radical (unpaired) electrons. The third-order valence-corrected chi connectivity index (χ3v) is 31.5. The summed E-state index contributed by atoms with van der Waals surface area (Å²) in [6, 6.07) is 71.7. The number of hydrogen-bond donors (Lipinski definition) is 3. The molecule has 0 bridgehead atoms. The zero-order chi connectivity index (χ0) is 88.1. The first-order valence-electron chi connectivity index (χ1n) is 50.3. The van der Waals surface area contributed by atoms with Crippen molar-refractivity contribution in [2.24, 2.45) is 35.5 Å². The largest absolute Gasteiger partial charge is 0.480 e. The average molecular weight is 1730 g/mol. The molecule has 9 aliphatic rings. The van der Waals surface area contributed by atoms with Crippen LogP contribution in [0.4, 0.5) is 0 Å². The summed E-state index contributed by atoms with van der Waals surface area (Å²) in [5, 5.41) is 46.3. The number of likely N-dealkylation sites (tertiary alicyclic amines) is 6. The number of rotatable bonds is 32. The first kappa shape index (κ1) is 92.4. The van der Waals surface area contributed by atoms with Gasteiger partial charge in [-0.25, -0.2) is 0 Å². The number of piperidine rings is 3. The van der Waals surface area contributed by atoms with E-state index in [1.54, 1.807) is 0 Å². The maximum atomic E-state index is 12.6. The summed E-state index contributed by atoms with van der Waals surface area (Å²) in [6.07, 6.45) is 30.9. The molecule has 6 aromatic carbocycles. The van der Waals surface area contributed by atoms with E-state index in [9.17, 15) is 29.7 Å². The molecule has 18 rings (SSSR count).